The van der Waals surface area contributed by atoms with Crippen LogP contribution in [0.2, 0.25) is 0 Å². The SMILES string of the molecule is CC(C)c1ccc(N2C(=O)N(Cc3ccncc3)C(C)(C)C2=O)cc1NC(=O)CN. The standard InChI is InChI=1S/C22H27N5O3/c1-14(2)17-6-5-16(11-18(17)25-19(28)12-23)27-20(29)22(3,4)26(21(27)30)13-15-7-9-24-10-8-15/h5-11,14H,12-13,23H2,1-4H3,(H,25,28). The van der Waals surface area contributed by atoms with Crippen LogP contribution < -0.4 is 16.0 Å². The molecule has 1 aliphatic rings. The van der Waals surface area contributed by atoms with Gasteiger partial charge in [0.25, 0.3) is 5.91 Å². The summed E-state index contributed by atoms with van der Waals surface area (Å²) in [5, 5.41) is 2.77. The molecule has 158 valence electrons. The second kappa shape index (κ2) is 8.23. The monoisotopic (exact) mass is 409 g/mol. The van der Waals surface area contributed by atoms with E-state index in [1.165, 1.54) is 4.90 Å². The lowest BCUT2D eigenvalue weighted by Crippen LogP contribution is -2.43. The van der Waals surface area contributed by atoms with E-state index in [-0.39, 0.29) is 30.8 Å². The van der Waals surface area contributed by atoms with Crippen LogP contribution >= 0.6 is 0 Å². The van der Waals surface area contributed by atoms with Crippen molar-refractivity contribution in [2.75, 3.05) is 16.8 Å². The average molecular weight is 409 g/mol. The predicted molar refractivity (Wildman–Crippen MR) is 115 cm³/mol. The Kier molecular flexibility index (Phi) is 5.89. The molecule has 0 aliphatic carbocycles. The zero-order valence-electron chi connectivity index (χ0n) is 17.7. The lowest BCUT2D eigenvalue weighted by Gasteiger charge is -2.27. The van der Waals surface area contributed by atoms with Gasteiger partial charge in [0.2, 0.25) is 5.91 Å². The molecule has 1 aromatic heterocycles. The summed E-state index contributed by atoms with van der Waals surface area (Å²) < 4.78 is 0. The number of benzene rings is 1. The second-order valence-corrected chi connectivity index (χ2v) is 8.10. The lowest BCUT2D eigenvalue weighted by atomic mass is 9.99. The number of urea groups is 1. The summed E-state index contributed by atoms with van der Waals surface area (Å²) in [6.45, 7) is 7.59. The van der Waals surface area contributed by atoms with Crippen LogP contribution in [0.15, 0.2) is 42.7 Å². The highest BCUT2D eigenvalue weighted by Gasteiger charge is 2.51. The van der Waals surface area contributed by atoms with Crippen LogP contribution in [-0.2, 0) is 16.1 Å². The van der Waals surface area contributed by atoms with Crippen molar-refractivity contribution in [2.45, 2.75) is 45.7 Å². The van der Waals surface area contributed by atoms with Gasteiger partial charge in [-0.1, -0.05) is 19.9 Å². The Labute approximate surface area is 176 Å². The Bertz CT molecular complexity index is 972. The Morgan fingerprint density at radius 1 is 1.17 bits per heavy atom. The van der Waals surface area contributed by atoms with Crippen molar-refractivity contribution in [1.82, 2.24) is 9.88 Å². The highest BCUT2D eigenvalue weighted by Crippen LogP contribution is 2.36. The molecular formula is C22H27N5O3. The van der Waals surface area contributed by atoms with Gasteiger partial charge >= 0.3 is 6.03 Å². The molecular weight excluding hydrogens is 382 g/mol. The number of nitrogens with one attached hydrogen (secondary N) is 1. The van der Waals surface area contributed by atoms with Gasteiger partial charge < -0.3 is 16.0 Å². The van der Waals surface area contributed by atoms with Gasteiger partial charge in [0.05, 0.1) is 12.2 Å². The number of carbonyl (C=O) groups is 3. The number of nitrogens with two attached hydrogens (primary N) is 1. The molecule has 8 nitrogen and oxygen atoms in total. The number of nitrogens with zero attached hydrogens (tertiary/aromatic N) is 3. The maximum Gasteiger partial charge on any atom is 0.332 e. The number of hydrogen-bond donors (Lipinski definition) is 2. The first-order valence-corrected chi connectivity index (χ1v) is 9.85. The number of pyridine rings is 1. The molecule has 3 rings (SSSR count). The van der Waals surface area contributed by atoms with Gasteiger partial charge in [-0.15, -0.1) is 0 Å². The highest BCUT2D eigenvalue weighted by molar-refractivity contribution is 6.23. The first-order chi connectivity index (χ1) is 14.2. The van der Waals surface area contributed by atoms with Crippen LogP contribution in [0.25, 0.3) is 0 Å². The second-order valence-electron chi connectivity index (χ2n) is 8.10. The van der Waals surface area contributed by atoms with Gasteiger partial charge in [-0.2, -0.15) is 0 Å². The first kappa shape index (κ1) is 21.4. The smallest absolute Gasteiger partial charge is 0.325 e. The topological polar surface area (TPSA) is 109 Å². The van der Waals surface area contributed by atoms with E-state index >= 15 is 0 Å². The number of amides is 4. The summed E-state index contributed by atoms with van der Waals surface area (Å²) in [6, 6.07) is 8.43. The van der Waals surface area contributed by atoms with E-state index in [2.05, 4.69) is 10.3 Å². The van der Waals surface area contributed by atoms with Crippen molar-refractivity contribution in [3.05, 3.63) is 53.9 Å². The van der Waals surface area contributed by atoms with Crippen molar-refractivity contribution < 1.29 is 14.4 Å². The molecule has 1 aliphatic heterocycles. The van der Waals surface area contributed by atoms with E-state index in [1.54, 1.807) is 43.3 Å². The minimum absolute atomic E-state index is 0.136. The highest BCUT2D eigenvalue weighted by atomic mass is 16.2. The number of carbonyl (C=O) groups excluding carboxylic acids is 3. The van der Waals surface area contributed by atoms with E-state index < -0.39 is 11.6 Å². The third-order valence-corrected chi connectivity index (χ3v) is 5.29. The molecule has 0 atom stereocenters. The van der Waals surface area contributed by atoms with Gasteiger partial charge in [-0.25, -0.2) is 9.69 Å². The van der Waals surface area contributed by atoms with Crippen molar-refractivity contribution in [1.29, 1.82) is 0 Å². The fourth-order valence-electron chi connectivity index (χ4n) is 3.50. The van der Waals surface area contributed by atoms with Crippen LogP contribution in [0.1, 0.15) is 44.7 Å². The number of hydrogen-bond acceptors (Lipinski definition) is 5. The first-order valence-electron chi connectivity index (χ1n) is 9.85. The van der Waals surface area contributed by atoms with Gasteiger partial charge in [-0.3, -0.25) is 14.6 Å². The molecule has 0 unspecified atom stereocenters. The summed E-state index contributed by atoms with van der Waals surface area (Å²) in [7, 11) is 0. The fourth-order valence-corrected chi connectivity index (χ4v) is 3.50. The third kappa shape index (κ3) is 3.91. The van der Waals surface area contributed by atoms with Gasteiger partial charge in [0.1, 0.15) is 5.54 Å². The summed E-state index contributed by atoms with van der Waals surface area (Å²) in [5.41, 5.74) is 7.15. The summed E-state index contributed by atoms with van der Waals surface area (Å²) in [6.07, 6.45) is 3.30. The molecule has 0 radical (unpaired) electrons. The summed E-state index contributed by atoms with van der Waals surface area (Å²) in [4.78, 5) is 45.0. The van der Waals surface area contributed by atoms with Gasteiger partial charge in [0, 0.05) is 24.6 Å². The Hall–Kier alpha value is -3.26. The number of anilines is 2. The van der Waals surface area contributed by atoms with Crippen molar-refractivity contribution >= 4 is 29.2 Å². The van der Waals surface area contributed by atoms with Crippen LogP contribution in [0, 0.1) is 0 Å². The number of rotatable bonds is 6. The quantitative estimate of drug-likeness (QED) is 0.713. The number of aromatic nitrogens is 1. The zero-order valence-corrected chi connectivity index (χ0v) is 17.7. The zero-order chi connectivity index (χ0) is 22.1. The molecule has 4 amide bonds. The van der Waals surface area contributed by atoms with E-state index in [1.807, 2.05) is 32.0 Å². The molecule has 1 fully saturated rings. The van der Waals surface area contributed by atoms with Gasteiger partial charge in [0.15, 0.2) is 0 Å². The summed E-state index contributed by atoms with van der Waals surface area (Å²) in [5.74, 6) is -0.528. The molecule has 1 aromatic carbocycles. The molecule has 30 heavy (non-hydrogen) atoms. The Balaban J connectivity index is 1.98. The summed E-state index contributed by atoms with van der Waals surface area (Å²) >= 11 is 0. The molecule has 0 spiro atoms. The minimum Gasteiger partial charge on any atom is -0.325 e. The molecule has 2 heterocycles. The molecule has 3 N–H and O–H groups in total. The molecule has 0 saturated carbocycles. The van der Waals surface area contributed by atoms with Gasteiger partial charge in [-0.05, 0) is 55.2 Å². The average Bonchev–Trinajstić information content (AvgIpc) is 2.88. The molecule has 2 aromatic rings. The maximum atomic E-state index is 13.3. The van der Waals surface area contributed by atoms with E-state index in [9.17, 15) is 14.4 Å². The van der Waals surface area contributed by atoms with Crippen molar-refractivity contribution in [2.24, 2.45) is 5.73 Å². The molecule has 8 heteroatoms. The van der Waals surface area contributed by atoms with Crippen LogP contribution in [0.4, 0.5) is 16.2 Å². The van der Waals surface area contributed by atoms with Crippen LogP contribution in [-0.4, -0.2) is 39.8 Å². The third-order valence-electron chi connectivity index (χ3n) is 5.29. The molecule has 0 bridgehead atoms. The maximum absolute atomic E-state index is 13.3. The Morgan fingerprint density at radius 2 is 1.83 bits per heavy atom. The predicted octanol–water partition coefficient (Wildman–Crippen LogP) is 2.85. The largest absolute Gasteiger partial charge is 0.332 e. The fraction of sp³-hybridized carbons (Fsp3) is 0.364. The van der Waals surface area contributed by atoms with Crippen molar-refractivity contribution in [3.8, 4) is 0 Å². The minimum atomic E-state index is -1.02. The van der Waals surface area contributed by atoms with E-state index in [0.717, 1.165) is 11.1 Å². The lowest BCUT2D eigenvalue weighted by molar-refractivity contribution is -0.123. The molecule has 1 saturated heterocycles. The van der Waals surface area contributed by atoms with E-state index in [4.69, 9.17) is 5.73 Å². The normalized spacial score (nSPS) is 15.8. The number of imide groups is 1. The Morgan fingerprint density at radius 3 is 2.43 bits per heavy atom. The van der Waals surface area contributed by atoms with Crippen LogP contribution in [0.3, 0.4) is 0 Å². The van der Waals surface area contributed by atoms with Crippen molar-refractivity contribution in [3.63, 3.8) is 0 Å². The van der Waals surface area contributed by atoms with E-state index in [0.29, 0.717) is 11.4 Å². The van der Waals surface area contributed by atoms with Crippen LogP contribution in [0.5, 0.6) is 0 Å².